The fraction of sp³-hybridized carbons (Fsp3) is 0.250. The van der Waals surface area contributed by atoms with E-state index < -0.39 is 35.5 Å². The van der Waals surface area contributed by atoms with E-state index in [9.17, 15) is 27.5 Å². The van der Waals surface area contributed by atoms with Crippen molar-refractivity contribution in [2.75, 3.05) is 0 Å². The number of carbonyl (C=O) groups is 1. The average molecular weight is 482 g/mol. The van der Waals surface area contributed by atoms with Crippen molar-refractivity contribution in [2.45, 2.75) is 44.4 Å². The zero-order valence-electron chi connectivity index (χ0n) is 18.8. The van der Waals surface area contributed by atoms with Gasteiger partial charge in [-0.1, -0.05) is 36.3 Å². The number of benzene rings is 3. The van der Waals surface area contributed by atoms with Crippen LogP contribution in [0.2, 0.25) is 0 Å². The van der Waals surface area contributed by atoms with Crippen LogP contribution in [-0.4, -0.2) is 11.1 Å². The van der Waals surface area contributed by atoms with Gasteiger partial charge in [-0.2, -0.15) is 13.2 Å². The van der Waals surface area contributed by atoms with Crippen LogP contribution in [0.1, 0.15) is 54.0 Å². The number of carboxylic acids is 1. The Bertz CT molecular complexity index is 1300. The summed E-state index contributed by atoms with van der Waals surface area (Å²) in [5, 5.41) is 9.17. The molecule has 0 aliphatic carbocycles. The third kappa shape index (κ3) is 5.48. The predicted molar refractivity (Wildman–Crippen MR) is 123 cm³/mol. The van der Waals surface area contributed by atoms with E-state index in [2.05, 4.69) is 11.8 Å². The first kappa shape index (κ1) is 24.3. The molecule has 2 atom stereocenters. The Morgan fingerprint density at radius 2 is 1.80 bits per heavy atom. The van der Waals surface area contributed by atoms with E-state index >= 15 is 0 Å². The van der Waals surface area contributed by atoms with Crippen LogP contribution in [-0.2, 0) is 17.4 Å². The molecule has 3 aromatic carbocycles. The lowest BCUT2D eigenvalue weighted by molar-refractivity contribution is -0.138. The van der Waals surface area contributed by atoms with Crippen LogP contribution in [0.3, 0.4) is 0 Å². The summed E-state index contributed by atoms with van der Waals surface area (Å²) < 4.78 is 59.4. The largest absolute Gasteiger partial charge is 0.485 e. The van der Waals surface area contributed by atoms with E-state index in [0.29, 0.717) is 35.3 Å². The van der Waals surface area contributed by atoms with E-state index in [0.717, 1.165) is 23.3 Å². The third-order valence-electron chi connectivity index (χ3n) is 6.02. The summed E-state index contributed by atoms with van der Waals surface area (Å²) in [5.74, 6) is 4.47. The predicted octanol–water partition coefficient (Wildman–Crippen LogP) is 7.16. The Balaban J connectivity index is 1.58. The lowest BCUT2D eigenvalue weighted by Crippen LogP contribution is -2.17. The molecule has 0 radical (unpaired) electrons. The van der Waals surface area contributed by atoms with Gasteiger partial charge in [0, 0.05) is 5.56 Å². The zero-order valence-corrected chi connectivity index (χ0v) is 18.8. The Kier molecular flexibility index (Phi) is 6.83. The van der Waals surface area contributed by atoms with Crippen molar-refractivity contribution in [3.63, 3.8) is 0 Å². The van der Waals surface area contributed by atoms with Gasteiger partial charge in [-0.15, -0.1) is 5.92 Å². The van der Waals surface area contributed by atoms with Crippen LogP contribution in [0.15, 0.2) is 60.7 Å². The number of aliphatic carboxylic acids is 1. The van der Waals surface area contributed by atoms with Crippen LogP contribution in [0.5, 0.6) is 5.75 Å². The second-order valence-corrected chi connectivity index (χ2v) is 8.37. The normalized spacial score (nSPS) is 15.9. The molecular weight excluding hydrogens is 460 g/mol. The summed E-state index contributed by atoms with van der Waals surface area (Å²) in [4.78, 5) is 11.2. The first-order valence-electron chi connectivity index (χ1n) is 11.1. The van der Waals surface area contributed by atoms with Gasteiger partial charge in [-0.25, -0.2) is 4.39 Å². The maximum absolute atomic E-state index is 14.7. The molecule has 35 heavy (non-hydrogen) atoms. The Hall–Kier alpha value is -3.79. The van der Waals surface area contributed by atoms with Crippen molar-refractivity contribution >= 4 is 5.97 Å². The first-order valence-corrected chi connectivity index (χ1v) is 11.1. The highest BCUT2D eigenvalue weighted by Crippen LogP contribution is 2.39. The summed E-state index contributed by atoms with van der Waals surface area (Å²) in [7, 11) is 0. The van der Waals surface area contributed by atoms with Crippen molar-refractivity contribution < 1.29 is 32.2 Å². The molecule has 1 aliphatic heterocycles. The molecule has 1 N–H and O–H groups in total. The van der Waals surface area contributed by atoms with Gasteiger partial charge in [-0.3, -0.25) is 4.79 Å². The molecule has 0 aromatic heterocycles. The highest BCUT2D eigenvalue weighted by molar-refractivity contribution is 5.69. The first-order chi connectivity index (χ1) is 16.7. The maximum Gasteiger partial charge on any atom is 0.416 e. The van der Waals surface area contributed by atoms with Gasteiger partial charge >= 0.3 is 12.1 Å². The number of rotatable bonds is 5. The van der Waals surface area contributed by atoms with E-state index in [1.807, 2.05) is 6.07 Å². The molecule has 1 aliphatic rings. The van der Waals surface area contributed by atoms with E-state index in [-0.39, 0.29) is 6.42 Å². The molecule has 4 rings (SSSR count). The highest BCUT2D eigenvalue weighted by atomic mass is 19.4. The molecular formula is C28H22F4O3. The number of hydrogen-bond acceptors (Lipinski definition) is 2. The molecule has 0 saturated heterocycles. The second-order valence-electron chi connectivity index (χ2n) is 8.37. The number of aryl methyl sites for hydroxylation is 1. The SMILES string of the molecule is CC#C[C@@H](CC(=O)O)c1ccc2c(c1)CCC(c1cc(-c3ccc(C(F)(F)F)cc3)ccc1F)O2. The molecule has 3 aromatic rings. The van der Waals surface area contributed by atoms with Gasteiger partial charge in [0.25, 0.3) is 0 Å². The zero-order chi connectivity index (χ0) is 25.2. The number of carboxylic acid groups (broad SMARTS) is 1. The summed E-state index contributed by atoms with van der Waals surface area (Å²) in [6.07, 6.45) is -4.00. The Morgan fingerprint density at radius 1 is 1.09 bits per heavy atom. The molecule has 0 bridgehead atoms. The van der Waals surface area contributed by atoms with Crippen molar-refractivity contribution in [3.8, 4) is 28.7 Å². The van der Waals surface area contributed by atoms with E-state index in [1.165, 1.54) is 24.3 Å². The summed E-state index contributed by atoms with van der Waals surface area (Å²) in [6, 6.07) is 14.6. The monoisotopic (exact) mass is 482 g/mol. The minimum Gasteiger partial charge on any atom is -0.485 e. The van der Waals surface area contributed by atoms with Crippen LogP contribution < -0.4 is 4.74 Å². The topological polar surface area (TPSA) is 46.5 Å². The molecule has 0 saturated carbocycles. The van der Waals surface area contributed by atoms with E-state index in [4.69, 9.17) is 4.74 Å². The molecule has 1 unspecified atom stereocenters. The number of alkyl halides is 3. The number of hydrogen-bond donors (Lipinski definition) is 1. The lowest BCUT2D eigenvalue weighted by Gasteiger charge is -2.28. The van der Waals surface area contributed by atoms with Crippen molar-refractivity contribution in [3.05, 3.63) is 88.7 Å². The lowest BCUT2D eigenvalue weighted by atomic mass is 9.90. The van der Waals surface area contributed by atoms with Gasteiger partial charge in [0.15, 0.2) is 0 Å². The molecule has 0 fully saturated rings. The van der Waals surface area contributed by atoms with Crippen LogP contribution in [0, 0.1) is 17.7 Å². The second kappa shape index (κ2) is 9.83. The van der Waals surface area contributed by atoms with Gasteiger partial charge in [0.05, 0.1) is 17.9 Å². The standard InChI is InChI=1S/C28H22F4O3/c1-2-3-18(16-27(33)34)19-7-12-25-21(14-19)8-13-26(35-25)23-15-20(6-11-24(23)29)17-4-9-22(10-5-17)28(30,31)32/h4-7,9-12,14-15,18,26H,8,13,16H2,1H3,(H,33,34)/t18-,26?/m0/s1. The minimum absolute atomic E-state index is 0.106. The Labute approximate surface area is 200 Å². The van der Waals surface area contributed by atoms with Crippen LogP contribution >= 0.6 is 0 Å². The van der Waals surface area contributed by atoms with Gasteiger partial charge in [-0.05, 0) is 72.4 Å². The number of fused-ring (bicyclic) bond motifs is 1. The fourth-order valence-electron chi connectivity index (χ4n) is 4.27. The quantitative estimate of drug-likeness (QED) is 0.310. The maximum atomic E-state index is 14.7. The Morgan fingerprint density at radius 3 is 2.46 bits per heavy atom. The molecule has 7 heteroatoms. The fourth-order valence-corrected chi connectivity index (χ4v) is 4.27. The van der Waals surface area contributed by atoms with Gasteiger partial charge < -0.3 is 9.84 Å². The highest BCUT2D eigenvalue weighted by Gasteiger charge is 2.30. The number of ether oxygens (including phenoxy) is 1. The minimum atomic E-state index is -4.42. The molecule has 1 heterocycles. The van der Waals surface area contributed by atoms with Crippen LogP contribution in [0.25, 0.3) is 11.1 Å². The number of halogens is 4. The summed E-state index contributed by atoms with van der Waals surface area (Å²) in [5.41, 5.74) is 2.41. The van der Waals surface area contributed by atoms with Gasteiger partial charge in [0.1, 0.15) is 17.7 Å². The molecule has 180 valence electrons. The van der Waals surface area contributed by atoms with Crippen molar-refractivity contribution in [1.82, 2.24) is 0 Å². The summed E-state index contributed by atoms with van der Waals surface area (Å²) >= 11 is 0. The van der Waals surface area contributed by atoms with E-state index in [1.54, 1.807) is 25.1 Å². The smallest absolute Gasteiger partial charge is 0.416 e. The van der Waals surface area contributed by atoms with Crippen LogP contribution in [0.4, 0.5) is 17.6 Å². The molecule has 0 amide bonds. The van der Waals surface area contributed by atoms with Gasteiger partial charge in [0.2, 0.25) is 0 Å². The molecule has 0 spiro atoms. The third-order valence-corrected chi connectivity index (χ3v) is 6.02. The summed E-state index contributed by atoms with van der Waals surface area (Å²) in [6.45, 7) is 1.66. The van der Waals surface area contributed by atoms with Crippen molar-refractivity contribution in [1.29, 1.82) is 0 Å². The molecule has 3 nitrogen and oxygen atoms in total. The average Bonchev–Trinajstić information content (AvgIpc) is 2.83. The van der Waals surface area contributed by atoms with Crippen molar-refractivity contribution in [2.24, 2.45) is 0 Å².